The Balaban J connectivity index is 1.06. The number of rotatable bonds is 4. The lowest BCUT2D eigenvalue weighted by Gasteiger charge is -2.37. The molecule has 1 aromatic heterocycles. The number of nitrogens with zero attached hydrogens (tertiary/aromatic N) is 1. The summed E-state index contributed by atoms with van der Waals surface area (Å²) in [6.07, 6.45) is 5.36. The van der Waals surface area contributed by atoms with Gasteiger partial charge >= 0.3 is 0 Å². The highest BCUT2D eigenvalue weighted by molar-refractivity contribution is 7.26. The Bertz CT molecular complexity index is 3200. The smallest absolute Gasteiger partial charge is 0.0554 e. The van der Waals surface area contributed by atoms with Gasteiger partial charge in [0.2, 0.25) is 0 Å². The van der Waals surface area contributed by atoms with Gasteiger partial charge in [-0.25, -0.2) is 0 Å². The molecule has 0 radical (unpaired) electrons. The molecule has 2 bridgehead atoms. The maximum atomic E-state index is 2.62. The van der Waals surface area contributed by atoms with Crippen LogP contribution < -0.4 is 4.90 Å². The van der Waals surface area contributed by atoms with Crippen molar-refractivity contribution in [2.24, 2.45) is 11.8 Å². The Kier molecular flexibility index (Phi) is 6.73. The van der Waals surface area contributed by atoms with Crippen LogP contribution in [0, 0.1) is 11.8 Å². The summed E-state index contributed by atoms with van der Waals surface area (Å²) in [7, 11) is 0. The second kappa shape index (κ2) is 11.8. The van der Waals surface area contributed by atoms with E-state index in [2.05, 4.69) is 183 Å². The highest BCUT2D eigenvalue weighted by Crippen LogP contribution is 2.66. The van der Waals surface area contributed by atoms with Crippen LogP contribution in [0.3, 0.4) is 0 Å². The molecule has 13 rings (SSSR count). The van der Waals surface area contributed by atoms with Crippen molar-refractivity contribution in [1.82, 2.24) is 0 Å². The standard InChI is InChI=1S/C56H43NS/c1-55(2)47-20-7-5-17-43(47)45-19-10-18-40(53(45)55)36-13-9-14-38(31-36)57(50-22-11-23-51-52(50)46-28-25-35-12-3-4-15-41(35)54(46)58-51)39-27-29-44-42-16-6-8-21-48(42)56(49(44)32-39)33-34-24-26-37(56)30-34/h3-23,25,27-29,31-32,34,37H,24,26,30,33H2,1-2H3. The third-order valence-corrected chi connectivity index (χ3v) is 16.1. The second-order valence-electron chi connectivity index (χ2n) is 18.0. The second-order valence-corrected chi connectivity index (χ2v) is 19.1. The fourth-order valence-electron chi connectivity index (χ4n) is 12.6. The number of fused-ring (bicyclic) bond motifs is 16. The van der Waals surface area contributed by atoms with Gasteiger partial charge in [-0.1, -0.05) is 148 Å². The van der Waals surface area contributed by atoms with E-state index in [9.17, 15) is 0 Å². The van der Waals surface area contributed by atoms with Crippen molar-refractivity contribution in [2.45, 2.75) is 50.4 Å². The van der Waals surface area contributed by atoms with Crippen LogP contribution in [0.25, 0.3) is 64.3 Å². The summed E-state index contributed by atoms with van der Waals surface area (Å²) >= 11 is 1.93. The molecule has 9 aromatic rings. The van der Waals surface area contributed by atoms with Crippen LogP contribution in [0.4, 0.5) is 17.1 Å². The number of hydrogen-bond donors (Lipinski definition) is 0. The summed E-state index contributed by atoms with van der Waals surface area (Å²) in [5.74, 6) is 1.53. The molecule has 2 heteroatoms. The molecule has 1 spiro atoms. The molecule has 2 fully saturated rings. The van der Waals surface area contributed by atoms with E-state index in [1.807, 2.05) is 11.3 Å². The maximum Gasteiger partial charge on any atom is 0.0554 e. The summed E-state index contributed by atoms with van der Waals surface area (Å²) in [4.78, 5) is 2.60. The molecule has 3 unspecified atom stereocenters. The third-order valence-electron chi connectivity index (χ3n) is 14.9. The number of benzene rings is 8. The average Bonchev–Trinajstić information content (AvgIpc) is 4.08. The lowest BCUT2D eigenvalue weighted by molar-refractivity contribution is 0.327. The summed E-state index contributed by atoms with van der Waals surface area (Å²) in [6, 6.07) is 62.7. The summed E-state index contributed by atoms with van der Waals surface area (Å²) < 4.78 is 2.68. The minimum atomic E-state index is -0.105. The molecule has 0 amide bonds. The molecule has 1 heterocycles. The summed E-state index contributed by atoms with van der Waals surface area (Å²) in [5, 5.41) is 5.28. The monoisotopic (exact) mass is 761 g/mol. The lowest BCUT2D eigenvalue weighted by Crippen LogP contribution is -2.32. The van der Waals surface area contributed by atoms with Crippen molar-refractivity contribution in [3.63, 3.8) is 0 Å². The van der Waals surface area contributed by atoms with Crippen LogP contribution in [-0.4, -0.2) is 0 Å². The van der Waals surface area contributed by atoms with Gasteiger partial charge in [0.1, 0.15) is 0 Å². The Morgan fingerprint density at radius 3 is 2.14 bits per heavy atom. The number of hydrogen-bond acceptors (Lipinski definition) is 2. The van der Waals surface area contributed by atoms with Crippen molar-refractivity contribution in [1.29, 1.82) is 0 Å². The van der Waals surface area contributed by atoms with Gasteiger partial charge in [0.05, 0.1) is 5.69 Å². The molecule has 0 N–H and O–H groups in total. The Labute approximate surface area is 344 Å². The van der Waals surface area contributed by atoms with E-state index in [1.54, 1.807) is 11.1 Å². The van der Waals surface area contributed by atoms with Crippen molar-refractivity contribution in [2.75, 3.05) is 4.90 Å². The highest BCUT2D eigenvalue weighted by atomic mass is 32.1. The quantitative estimate of drug-likeness (QED) is 0.173. The molecule has 278 valence electrons. The van der Waals surface area contributed by atoms with Gasteiger partial charge in [0.25, 0.3) is 0 Å². The van der Waals surface area contributed by atoms with Crippen LogP contribution in [-0.2, 0) is 10.8 Å². The lowest BCUT2D eigenvalue weighted by atomic mass is 9.67. The first-order valence-electron chi connectivity index (χ1n) is 21.2. The first kappa shape index (κ1) is 33.1. The first-order chi connectivity index (χ1) is 28.5. The molecular weight excluding hydrogens is 719 g/mol. The zero-order chi connectivity index (χ0) is 38.3. The van der Waals surface area contributed by atoms with E-state index >= 15 is 0 Å². The van der Waals surface area contributed by atoms with E-state index in [0.717, 1.165) is 5.92 Å². The average molecular weight is 762 g/mol. The molecule has 0 aliphatic heterocycles. The Hall–Kier alpha value is -5.96. The molecule has 1 nitrogen and oxygen atoms in total. The van der Waals surface area contributed by atoms with Crippen LogP contribution in [0.2, 0.25) is 0 Å². The molecule has 4 aliphatic carbocycles. The van der Waals surface area contributed by atoms with Gasteiger partial charge in [-0.3, -0.25) is 0 Å². The number of thiophene rings is 1. The van der Waals surface area contributed by atoms with Gasteiger partial charge in [-0.05, 0) is 134 Å². The minimum absolute atomic E-state index is 0.101. The zero-order valence-corrected chi connectivity index (χ0v) is 33.7. The normalized spacial score (nSPS) is 20.5. The topological polar surface area (TPSA) is 3.24 Å². The first-order valence-corrected chi connectivity index (χ1v) is 22.0. The highest BCUT2D eigenvalue weighted by Gasteiger charge is 2.56. The van der Waals surface area contributed by atoms with Crippen molar-refractivity contribution in [3.8, 4) is 33.4 Å². The van der Waals surface area contributed by atoms with Crippen molar-refractivity contribution >= 4 is 59.3 Å². The van der Waals surface area contributed by atoms with E-state index in [-0.39, 0.29) is 10.8 Å². The van der Waals surface area contributed by atoms with Gasteiger partial charge in [-0.15, -0.1) is 11.3 Å². The van der Waals surface area contributed by atoms with Crippen LogP contribution in [0.5, 0.6) is 0 Å². The van der Waals surface area contributed by atoms with Crippen molar-refractivity contribution < 1.29 is 0 Å². The van der Waals surface area contributed by atoms with Crippen LogP contribution in [0.1, 0.15) is 61.8 Å². The minimum Gasteiger partial charge on any atom is -0.310 e. The predicted molar refractivity (Wildman–Crippen MR) is 246 cm³/mol. The van der Waals surface area contributed by atoms with Gasteiger partial charge < -0.3 is 4.90 Å². The Morgan fingerprint density at radius 2 is 1.28 bits per heavy atom. The van der Waals surface area contributed by atoms with Gasteiger partial charge in [0.15, 0.2) is 0 Å². The SMILES string of the molecule is CC1(C)c2ccccc2-c2cccc(-c3cccc(N(c4ccc5c(c4)C4(CC6CCC4C6)c4ccccc4-5)c4cccc5sc6c7ccccc7ccc6c45)c3)c21. The maximum absolute atomic E-state index is 2.62. The molecule has 2 saturated carbocycles. The predicted octanol–water partition coefficient (Wildman–Crippen LogP) is 15.7. The Morgan fingerprint density at radius 1 is 0.552 bits per heavy atom. The van der Waals surface area contributed by atoms with E-state index in [4.69, 9.17) is 0 Å². The van der Waals surface area contributed by atoms with Crippen LogP contribution >= 0.6 is 11.3 Å². The van der Waals surface area contributed by atoms with Gasteiger partial charge in [0, 0.05) is 42.4 Å². The third kappa shape index (κ3) is 4.31. The number of anilines is 3. The van der Waals surface area contributed by atoms with E-state index in [1.165, 1.54) is 118 Å². The van der Waals surface area contributed by atoms with Crippen molar-refractivity contribution in [3.05, 3.63) is 186 Å². The molecule has 3 atom stereocenters. The molecule has 4 aliphatic rings. The van der Waals surface area contributed by atoms with Gasteiger partial charge in [-0.2, -0.15) is 0 Å². The fourth-order valence-corrected chi connectivity index (χ4v) is 13.8. The largest absolute Gasteiger partial charge is 0.310 e. The molecule has 58 heavy (non-hydrogen) atoms. The molecular formula is C56H43NS. The van der Waals surface area contributed by atoms with E-state index < -0.39 is 0 Å². The zero-order valence-electron chi connectivity index (χ0n) is 32.9. The molecule has 8 aromatic carbocycles. The summed E-state index contributed by atoms with van der Waals surface area (Å²) in [6.45, 7) is 4.80. The van der Waals surface area contributed by atoms with Crippen LogP contribution in [0.15, 0.2) is 164 Å². The fraction of sp³-hybridized carbons (Fsp3) is 0.179. The molecule has 0 saturated heterocycles. The van der Waals surface area contributed by atoms with E-state index in [0.29, 0.717) is 5.92 Å². The summed E-state index contributed by atoms with van der Waals surface area (Å²) in [5.41, 5.74) is 17.8.